The smallest absolute Gasteiger partial charge is 0.316 e. The van der Waals surface area contributed by atoms with Crippen molar-refractivity contribution < 1.29 is 4.74 Å². The zero-order valence-electron chi connectivity index (χ0n) is 11.6. The van der Waals surface area contributed by atoms with Gasteiger partial charge in [0.1, 0.15) is 6.10 Å². The minimum absolute atomic E-state index is 0.222. The summed E-state index contributed by atoms with van der Waals surface area (Å²) in [6, 6.07) is 4.35. The maximum absolute atomic E-state index is 5.80. The molecule has 6 nitrogen and oxygen atoms in total. The van der Waals surface area contributed by atoms with Gasteiger partial charge in [0, 0.05) is 45.3 Å². The second kappa shape index (κ2) is 6.00. The lowest BCUT2D eigenvalue weighted by Gasteiger charge is -2.31. The van der Waals surface area contributed by atoms with Crippen LogP contribution in [0, 0.1) is 0 Å². The number of aromatic nitrogens is 4. The molecule has 3 heterocycles. The van der Waals surface area contributed by atoms with E-state index in [9.17, 15) is 0 Å². The highest BCUT2D eigenvalue weighted by atomic mass is 16.5. The van der Waals surface area contributed by atoms with Crippen molar-refractivity contribution in [2.75, 3.05) is 13.1 Å². The molecule has 1 aliphatic rings. The average molecular weight is 273 g/mol. The Morgan fingerprint density at radius 2 is 1.95 bits per heavy atom. The van der Waals surface area contributed by atoms with E-state index in [4.69, 9.17) is 4.74 Å². The first kappa shape index (κ1) is 13.1. The van der Waals surface area contributed by atoms with Crippen LogP contribution in [0.1, 0.15) is 18.5 Å². The molecule has 2 aromatic rings. The van der Waals surface area contributed by atoms with Crippen LogP contribution < -0.4 is 4.74 Å². The third-order valence-electron chi connectivity index (χ3n) is 3.66. The molecule has 0 amide bonds. The molecule has 0 aromatic carbocycles. The van der Waals surface area contributed by atoms with Crippen molar-refractivity contribution in [2.45, 2.75) is 25.5 Å². The van der Waals surface area contributed by atoms with Crippen LogP contribution >= 0.6 is 0 Å². The van der Waals surface area contributed by atoms with Crippen molar-refractivity contribution in [3.63, 3.8) is 0 Å². The fraction of sp³-hybridized carbons (Fsp3) is 0.500. The highest BCUT2D eigenvalue weighted by Gasteiger charge is 2.21. The molecule has 1 aliphatic heterocycles. The van der Waals surface area contributed by atoms with Crippen molar-refractivity contribution in [1.29, 1.82) is 0 Å². The van der Waals surface area contributed by atoms with Crippen molar-refractivity contribution in [2.24, 2.45) is 7.05 Å². The van der Waals surface area contributed by atoms with E-state index >= 15 is 0 Å². The van der Waals surface area contributed by atoms with Crippen molar-refractivity contribution in [3.8, 4) is 6.01 Å². The van der Waals surface area contributed by atoms with Crippen LogP contribution in [0.25, 0.3) is 0 Å². The van der Waals surface area contributed by atoms with Crippen molar-refractivity contribution in [3.05, 3.63) is 36.4 Å². The second-order valence-corrected chi connectivity index (χ2v) is 5.07. The van der Waals surface area contributed by atoms with Gasteiger partial charge in [-0.05, 0) is 25.0 Å². The first-order valence-corrected chi connectivity index (χ1v) is 6.94. The Morgan fingerprint density at radius 3 is 2.60 bits per heavy atom. The zero-order valence-corrected chi connectivity index (χ0v) is 11.6. The van der Waals surface area contributed by atoms with Crippen LogP contribution in [0.3, 0.4) is 0 Å². The van der Waals surface area contributed by atoms with Gasteiger partial charge in [-0.2, -0.15) is 5.10 Å². The lowest BCUT2D eigenvalue weighted by atomic mass is 10.1. The predicted octanol–water partition coefficient (Wildman–Crippen LogP) is 1.25. The number of ether oxygens (including phenoxy) is 1. The van der Waals surface area contributed by atoms with Crippen LogP contribution in [0.5, 0.6) is 6.01 Å². The molecule has 0 bridgehead atoms. The molecule has 0 aliphatic carbocycles. The molecule has 0 N–H and O–H groups in total. The molecule has 1 fully saturated rings. The second-order valence-electron chi connectivity index (χ2n) is 5.07. The molecule has 0 unspecified atom stereocenters. The van der Waals surface area contributed by atoms with Crippen LogP contribution in [-0.2, 0) is 13.6 Å². The third kappa shape index (κ3) is 3.14. The molecule has 6 heteroatoms. The lowest BCUT2D eigenvalue weighted by molar-refractivity contribution is 0.0880. The van der Waals surface area contributed by atoms with Gasteiger partial charge in [0.05, 0.1) is 5.69 Å². The topological polar surface area (TPSA) is 56.1 Å². The Kier molecular flexibility index (Phi) is 3.92. The number of likely N-dealkylation sites (tertiary alicyclic amines) is 1. The maximum Gasteiger partial charge on any atom is 0.316 e. The summed E-state index contributed by atoms with van der Waals surface area (Å²) in [4.78, 5) is 10.6. The molecule has 0 atom stereocenters. The lowest BCUT2D eigenvalue weighted by Crippen LogP contribution is -2.38. The van der Waals surface area contributed by atoms with Gasteiger partial charge in [0.2, 0.25) is 0 Å². The predicted molar refractivity (Wildman–Crippen MR) is 74.2 cm³/mol. The van der Waals surface area contributed by atoms with Crippen molar-refractivity contribution >= 4 is 0 Å². The maximum atomic E-state index is 5.80. The SMILES string of the molecule is Cn1nccc1CN1CCC(Oc2ncccn2)CC1. The molecular formula is C14H19N5O. The molecule has 106 valence electrons. The number of nitrogens with zero attached hydrogens (tertiary/aromatic N) is 5. The van der Waals surface area contributed by atoms with E-state index in [0.717, 1.165) is 32.5 Å². The largest absolute Gasteiger partial charge is 0.460 e. The molecular weight excluding hydrogens is 254 g/mol. The highest BCUT2D eigenvalue weighted by molar-refractivity contribution is 5.00. The summed E-state index contributed by atoms with van der Waals surface area (Å²) in [7, 11) is 1.98. The summed E-state index contributed by atoms with van der Waals surface area (Å²) in [6.45, 7) is 3.01. The van der Waals surface area contributed by atoms with Gasteiger partial charge in [0.15, 0.2) is 0 Å². The summed E-state index contributed by atoms with van der Waals surface area (Å²) in [6.07, 6.45) is 7.50. The summed E-state index contributed by atoms with van der Waals surface area (Å²) in [5.74, 6) is 0. The Bertz CT molecular complexity index is 534. The quantitative estimate of drug-likeness (QED) is 0.839. The highest BCUT2D eigenvalue weighted by Crippen LogP contribution is 2.17. The Labute approximate surface area is 118 Å². The summed E-state index contributed by atoms with van der Waals surface area (Å²) in [5, 5.41) is 4.20. The Balaban J connectivity index is 1.49. The number of aryl methyl sites for hydroxylation is 1. The van der Waals surface area contributed by atoms with E-state index in [2.05, 4.69) is 26.0 Å². The van der Waals surface area contributed by atoms with E-state index in [1.807, 2.05) is 17.9 Å². The molecule has 3 rings (SSSR count). The monoisotopic (exact) mass is 273 g/mol. The fourth-order valence-electron chi connectivity index (χ4n) is 2.47. The summed E-state index contributed by atoms with van der Waals surface area (Å²) in [5.41, 5.74) is 1.25. The van der Waals surface area contributed by atoms with Gasteiger partial charge in [-0.15, -0.1) is 0 Å². The van der Waals surface area contributed by atoms with Crippen LogP contribution in [0.15, 0.2) is 30.7 Å². The number of rotatable bonds is 4. The Hall–Kier alpha value is -1.95. The normalized spacial score (nSPS) is 17.2. The first-order valence-electron chi connectivity index (χ1n) is 6.94. The van der Waals surface area contributed by atoms with Gasteiger partial charge in [-0.3, -0.25) is 9.58 Å². The minimum Gasteiger partial charge on any atom is -0.460 e. The van der Waals surface area contributed by atoms with Gasteiger partial charge < -0.3 is 4.74 Å². The molecule has 2 aromatic heterocycles. The molecule has 0 saturated carbocycles. The van der Waals surface area contributed by atoms with Gasteiger partial charge in [0.25, 0.3) is 0 Å². The summed E-state index contributed by atoms with van der Waals surface area (Å²) >= 11 is 0. The molecule has 0 spiro atoms. The average Bonchev–Trinajstić information content (AvgIpc) is 2.88. The first-order chi connectivity index (χ1) is 9.81. The third-order valence-corrected chi connectivity index (χ3v) is 3.66. The van der Waals surface area contributed by atoms with Crippen LogP contribution in [0.2, 0.25) is 0 Å². The number of hydrogen-bond acceptors (Lipinski definition) is 5. The van der Waals surface area contributed by atoms with Crippen molar-refractivity contribution in [1.82, 2.24) is 24.6 Å². The van der Waals surface area contributed by atoms with Gasteiger partial charge in [-0.1, -0.05) is 0 Å². The Morgan fingerprint density at radius 1 is 1.20 bits per heavy atom. The standard InChI is InChI=1S/C14H19N5O/c1-18-12(3-8-17-18)11-19-9-4-13(5-10-19)20-14-15-6-2-7-16-14/h2-3,6-8,13H,4-5,9-11H2,1H3. The van der Waals surface area contributed by atoms with Gasteiger partial charge >= 0.3 is 6.01 Å². The number of piperidine rings is 1. The molecule has 1 saturated heterocycles. The van der Waals surface area contributed by atoms with E-state index in [-0.39, 0.29) is 6.10 Å². The van der Waals surface area contributed by atoms with Crippen LogP contribution in [-0.4, -0.2) is 43.8 Å². The fourth-order valence-corrected chi connectivity index (χ4v) is 2.47. The molecule has 20 heavy (non-hydrogen) atoms. The van der Waals surface area contributed by atoms with E-state index in [1.54, 1.807) is 18.5 Å². The van der Waals surface area contributed by atoms with E-state index < -0.39 is 0 Å². The number of hydrogen-bond donors (Lipinski definition) is 0. The summed E-state index contributed by atoms with van der Waals surface area (Å²) < 4.78 is 7.73. The van der Waals surface area contributed by atoms with E-state index in [1.165, 1.54) is 5.69 Å². The zero-order chi connectivity index (χ0) is 13.8. The van der Waals surface area contributed by atoms with E-state index in [0.29, 0.717) is 6.01 Å². The van der Waals surface area contributed by atoms with Crippen LogP contribution in [0.4, 0.5) is 0 Å². The molecule has 0 radical (unpaired) electrons. The van der Waals surface area contributed by atoms with Gasteiger partial charge in [-0.25, -0.2) is 9.97 Å². The minimum atomic E-state index is 0.222.